The number of carbonyl (C=O) groups is 1. The van der Waals surface area contributed by atoms with Crippen molar-refractivity contribution in [3.05, 3.63) is 48.4 Å². The standard InChI is InChI=1S/C13H12N4O2/c14-13(18)17-8-11(9-3-1-5-15-7-9)19-10-4-2-6-16-12(10)17/h1-7,11H,8H2,(H2,14,18). The average Bonchev–Trinajstić information content (AvgIpc) is 2.47. The molecule has 1 aliphatic heterocycles. The number of hydrogen-bond donors (Lipinski definition) is 1. The summed E-state index contributed by atoms with van der Waals surface area (Å²) in [7, 11) is 0. The second kappa shape index (κ2) is 4.56. The molecule has 2 amide bonds. The molecule has 0 aliphatic carbocycles. The fourth-order valence-corrected chi connectivity index (χ4v) is 2.05. The molecule has 3 heterocycles. The topological polar surface area (TPSA) is 81.3 Å². The Morgan fingerprint density at radius 3 is 2.95 bits per heavy atom. The van der Waals surface area contributed by atoms with Crippen LogP contribution in [-0.2, 0) is 0 Å². The van der Waals surface area contributed by atoms with Gasteiger partial charge in [-0.15, -0.1) is 0 Å². The van der Waals surface area contributed by atoms with Crippen molar-refractivity contribution < 1.29 is 9.53 Å². The molecular weight excluding hydrogens is 244 g/mol. The van der Waals surface area contributed by atoms with Crippen molar-refractivity contribution in [3.8, 4) is 5.75 Å². The molecule has 0 saturated heterocycles. The zero-order valence-electron chi connectivity index (χ0n) is 10.1. The van der Waals surface area contributed by atoms with E-state index in [0.29, 0.717) is 18.1 Å². The molecule has 2 aromatic heterocycles. The molecule has 3 rings (SSSR count). The van der Waals surface area contributed by atoms with Crippen molar-refractivity contribution in [2.75, 3.05) is 11.4 Å². The summed E-state index contributed by atoms with van der Waals surface area (Å²) in [4.78, 5) is 21.1. The van der Waals surface area contributed by atoms with Crippen LogP contribution in [0.1, 0.15) is 11.7 Å². The molecular formula is C13H12N4O2. The molecule has 1 unspecified atom stereocenters. The highest BCUT2D eigenvalue weighted by Gasteiger charge is 2.30. The Balaban J connectivity index is 1.99. The van der Waals surface area contributed by atoms with E-state index in [1.165, 1.54) is 4.90 Å². The molecule has 1 aliphatic rings. The third-order valence-corrected chi connectivity index (χ3v) is 2.95. The summed E-state index contributed by atoms with van der Waals surface area (Å²) in [5, 5.41) is 0. The van der Waals surface area contributed by atoms with E-state index in [2.05, 4.69) is 9.97 Å². The highest BCUT2D eigenvalue weighted by atomic mass is 16.5. The minimum Gasteiger partial charge on any atom is -0.480 e. The Labute approximate surface area is 109 Å². The lowest BCUT2D eigenvalue weighted by Crippen LogP contribution is -2.43. The zero-order valence-corrected chi connectivity index (χ0v) is 10.1. The number of nitrogens with two attached hydrogens (primary N) is 1. The number of nitrogens with zero attached hydrogens (tertiary/aromatic N) is 3. The lowest BCUT2D eigenvalue weighted by atomic mass is 10.1. The number of hydrogen-bond acceptors (Lipinski definition) is 4. The van der Waals surface area contributed by atoms with Crippen molar-refractivity contribution >= 4 is 11.8 Å². The minimum atomic E-state index is -0.544. The maximum atomic E-state index is 11.5. The van der Waals surface area contributed by atoms with Crippen molar-refractivity contribution in [1.29, 1.82) is 0 Å². The molecule has 6 heteroatoms. The van der Waals surface area contributed by atoms with Gasteiger partial charge in [-0.05, 0) is 18.2 Å². The van der Waals surface area contributed by atoms with Crippen LogP contribution in [-0.4, -0.2) is 22.5 Å². The largest absolute Gasteiger partial charge is 0.480 e. The van der Waals surface area contributed by atoms with Gasteiger partial charge >= 0.3 is 6.03 Å². The van der Waals surface area contributed by atoms with Crippen LogP contribution in [0.2, 0.25) is 0 Å². The number of amides is 2. The molecule has 6 nitrogen and oxygen atoms in total. The quantitative estimate of drug-likeness (QED) is 0.838. The van der Waals surface area contributed by atoms with Crippen LogP contribution in [0.5, 0.6) is 5.75 Å². The van der Waals surface area contributed by atoms with E-state index in [9.17, 15) is 4.79 Å². The average molecular weight is 256 g/mol. The molecule has 0 spiro atoms. The van der Waals surface area contributed by atoms with Crippen molar-refractivity contribution in [2.45, 2.75) is 6.10 Å². The van der Waals surface area contributed by atoms with Crippen LogP contribution in [0, 0.1) is 0 Å². The van der Waals surface area contributed by atoms with Gasteiger partial charge in [-0.3, -0.25) is 9.88 Å². The maximum absolute atomic E-state index is 11.5. The molecule has 2 N–H and O–H groups in total. The molecule has 96 valence electrons. The van der Waals surface area contributed by atoms with E-state index in [4.69, 9.17) is 10.5 Å². The molecule has 0 fully saturated rings. The number of fused-ring (bicyclic) bond motifs is 1. The zero-order chi connectivity index (χ0) is 13.2. The van der Waals surface area contributed by atoms with Crippen LogP contribution in [0.4, 0.5) is 10.6 Å². The van der Waals surface area contributed by atoms with Crippen LogP contribution < -0.4 is 15.4 Å². The van der Waals surface area contributed by atoms with Gasteiger partial charge in [0.05, 0.1) is 6.54 Å². The Morgan fingerprint density at radius 2 is 2.21 bits per heavy atom. The van der Waals surface area contributed by atoms with Gasteiger partial charge in [0.1, 0.15) is 6.10 Å². The summed E-state index contributed by atoms with van der Waals surface area (Å²) in [6, 6.07) is 6.70. The summed E-state index contributed by atoms with van der Waals surface area (Å²) in [5.41, 5.74) is 6.29. The highest BCUT2D eigenvalue weighted by molar-refractivity contribution is 5.91. The predicted molar refractivity (Wildman–Crippen MR) is 68.8 cm³/mol. The molecule has 0 aromatic carbocycles. The number of aromatic nitrogens is 2. The number of ether oxygens (including phenoxy) is 1. The van der Waals surface area contributed by atoms with Gasteiger partial charge < -0.3 is 10.5 Å². The van der Waals surface area contributed by atoms with E-state index in [0.717, 1.165) is 5.56 Å². The van der Waals surface area contributed by atoms with E-state index in [1.807, 2.05) is 12.1 Å². The fraction of sp³-hybridized carbons (Fsp3) is 0.154. The third-order valence-electron chi connectivity index (χ3n) is 2.95. The van der Waals surface area contributed by atoms with Gasteiger partial charge in [-0.2, -0.15) is 0 Å². The Morgan fingerprint density at radius 1 is 1.37 bits per heavy atom. The van der Waals surface area contributed by atoms with Gasteiger partial charge in [0.15, 0.2) is 11.6 Å². The van der Waals surface area contributed by atoms with Crippen LogP contribution >= 0.6 is 0 Å². The van der Waals surface area contributed by atoms with E-state index in [1.54, 1.807) is 30.7 Å². The molecule has 1 atom stereocenters. The third kappa shape index (κ3) is 2.08. The monoisotopic (exact) mass is 256 g/mol. The fourth-order valence-electron chi connectivity index (χ4n) is 2.05. The number of anilines is 1. The molecule has 0 saturated carbocycles. The second-order valence-electron chi connectivity index (χ2n) is 4.17. The molecule has 2 aromatic rings. The smallest absolute Gasteiger partial charge is 0.320 e. The number of urea groups is 1. The summed E-state index contributed by atoms with van der Waals surface area (Å²) < 4.78 is 5.85. The van der Waals surface area contributed by atoms with Crippen molar-refractivity contribution in [3.63, 3.8) is 0 Å². The Hall–Kier alpha value is -2.63. The number of carbonyl (C=O) groups excluding carboxylic acids is 1. The normalized spacial score (nSPS) is 17.5. The first-order valence-corrected chi connectivity index (χ1v) is 5.84. The van der Waals surface area contributed by atoms with Gasteiger partial charge in [-0.25, -0.2) is 9.78 Å². The molecule has 0 bridgehead atoms. The first-order valence-electron chi connectivity index (χ1n) is 5.84. The van der Waals surface area contributed by atoms with Crippen LogP contribution in [0.15, 0.2) is 42.9 Å². The Kier molecular flexibility index (Phi) is 2.75. The SMILES string of the molecule is NC(=O)N1CC(c2cccnc2)Oc2cccnc21. The van der Waals surface area contributed by atoms with Gasteiger partial charge in [-0.1, -0.05) is 6.07 Å². The van der Waals surface area contributed by atoms with Crippen molar-refractivity contribution in [1.82, 2.24) is 9.97 Å². The summed E-state index contributed by atoms with van der Waals surface area (Å²) in [6.07, 6.45) is 4.71. The summed E-state index contributed by atoms with van der Waals surface area (Å²) in [6.45, 7) is 0.324. The van der Waals surface area contributed by atoms with E-state index in [-0.39, 0.29) is 6.10 Å². The van der Waals surface area contributed by atoms with Crippen LogP contribution in [0.25, 0.3) is 0 Å². The maximum Gasteiger partial charge on any atom is 0.320 e. The number of pyridine rings is 2. The number of rotatable bonds is 1. The van der Waals surface area contributed by atoms with Gasteiger partial charge in [0.2, 0.25) is 0 Å². The van der Waals surface area contributed by atoms with Gasteiger partial charge in [0, 0.05) is 24.2 Å². The molecule has 19 heavy (non-hydrogen) atoms. The summed E-state index contributed by atoms with van der Waals surface area (Å²) >= 11 is 0. The van der Waals surface area contributed by atoms with Gasteiger partial charge in [0.25, 0.3) is 0 Å². The summed E-state index contributed by atoms with van der Waals surface area (Å²) in [5.74, 6) is 0.997. The van der Waals surface area contributed by atoms with Crippen molar-refractivity contribution in [2.24, 2.45) is 5.73 Å². The second-order valence-corrected chi connectivity index (χ2v) is 4.17. The lowest BCUT2D eigenvalue weighted by Gasteiger charge is -2.32. The van der Waals surface area contributed by atoms with E-state index < -0.39 is 6.03 Å². The lowest BCUT2D eigenvalue weighted by molar-refractivity contribution is 0.193. The van der Waals surface area contributed by atoms with Crippen LogP contribution in [0.3, 0.4) is 0 Å². The Bertz CT molecular complexity index is 603. The minimum absolute atomic E-state index is 0.294. The van der Waals surface area contributed by atoms with E-state index >= 15 is 0 Å². The first kappa shape index (κ1) is 11.5. The predicted octanol–water partition coefficient (Wildman–Crippen LogP) is 1.50. The highest BCUT2D eigenvalue weighted by Crippen LogP contribution is 2.35. The first-order chi connectivity index (χ1) is 9.25. The molecule has 0 radical (unpaired) electrons. The number of primary amides is 1.